The van der Waals surface area contributed by atoms with E-state index in [4.69, 9.17) is 0 Å². The van der Waals surface area contributed by atoms with Gasteiger partial charge in [0.1, 0.15) is 5.82 Å². The van der Waals surface area contributed by atoms with E-state index in [1.54, 1.807) is 11.0 Å². The van der Waals surface area contributed by atoms with Crippen LogP contribution in [-0.4, -0.2) is 53.0 Å². The summed E-state index contributed by atoms with van der Waals surface area (Å²) >= 11 is 0. The second-order valence-corrected chi connectivity index (χ2v) is 7.37. The van der Waals surface area contributed by atoms with Gasteiger partial charge < -0.3 is 10.0 Å². The number of carboxylic acids is 1. The van der Waals surface area contributed by atoms with E-state index in [0.717, 1.165) is 24.9 Å². The summed E-state index contributed by atoms with van der Waals surface area (Å²) in [7, 11) is 0. The van der Waals surface area contributed by atoms with Crippen molar-refractivity contribution in [1.82, 2.24) is 9.80 Å². The molecule has 0 aromatic heterocycles. The summed E-state index contributed by atoms with van der Waals surface area (Å²) in [4.78, 5) is 28.0. The van der Waals surface area contributed by atoms with E-state index in [2.05, 4.69) is 4.90 Å². The second kappa shape index (κ2) is 7.52. The fourth-order valence-electron chi connectivity index (χ4n) is 4.02. The lowest BCUT2D eigenvalue weighted by molar-refractivity contribution is -0.142. The normalized spacial score (nSPS) is 27.4. The standard InChI is InChI=1S/C19H25FN2O3/c1-13-9-22(12-17(13)19(24)25)18(23)15-5-3-7-21(11-15)10-14-4-2-6-16(20)8-14/h2,4,6,8,13,15,17H,3,5,7,9-12H2,1H3,(H,24,25)/t13-,15?,17-/m1/s1. The monoisotopic (exact) mass is 348 g/mol. The van der Waals surface area contributed by atoms with Gasteiger partial charge in [0.15, 0.2) is 0 Å². The number of halogens is 1. The van der Waals surface area contributed by atoms with Crippen LogP contribution in [0.2, 0.25) is 0 Å². The number of benzene rings is 1. The van der Waals surface area contributed by atoms with Gasteiger partial charge in [0, 0.05) is 26.2 Å². The first-order chi connectivity index (χ1) is 11.9. The molecule has 3 atom stereocenters. The molecule has 2 heterocycles. The van der Waals surface area contributed by atoms with Crippen LogP contribution in [0.1, 0.15) is 25.3 Å². The Morgan fingerprint density at radius 3 is 2.76 bits per heavy atom. The first-order valence-electron chi connectivity index (χ1n) is 8.92. The lowest BCUT2D eigenvalue weighted by Gasteiger charge is -2.34. The van der Waals surface area contributed by atoms with Crippen LogP contribution in [0.4, 0.5) is 4.39 Å². The van der Waals surface area contributed by atoms with Crippen molar-refractivity contribution in [2.24, 2.45) is 17.8 Å². The molecule has 1 aromatic carbocycles. The van der Waals surface area contributed by atoms with Gasteiger partial charge in [0.2, 0.25) is 5.91 Å². The molecule has 0 aliphatic carbocycles. The zero-order valence-electron chi connectivity index (χ0n) is 14.5. The van der Waals surface area contributed by atoms with Crippen molar-refractivity contribution in [2.45, 2.75) is 26.3 Å². The number of rotatable bonds is 4. The van der Waals surface area contributed by atoms with Crippen LogP contribution < -0.4 is 0 Å². The minimum atomic E-state index is -0.820. The van der Waals surface area contributed by atoms with Gasteiger partial charge in [-0.25, -0.2) is 4.39 Å². The van der Waals surface area contributed by atoms with E-state index < -0.39 is 11.9 Å². The molecule has 25 heavy (non-hydrogen) atoms. The Bertz CT molecular complexity index is 651. The van der Waals surface area contributed by atoms with Gasteiger partial charge in [0.25, 0.3) is 0 Å². The molecular weight excluding hydrogens is 323 g/mol. The summed E-state index contributed by atoms with van der Waals surface area (Å²) in [5.41, 5.74) is 0.911. The summed E-state index contributed by atoms with van der Waals surface area (Å²) in [6.07, 6.45) is 1.76. The Balaban J connectivity index is 1.59. The van der Waals surface area contributed by atoms with Gasteiger partial charge in [0.05, 0.1) is 11.8 Å². The van der Waals surface area contributed by atoms with Gasteiger partial charge in [-0.2, -0.15) is 0 Å². The highest BCUT2D eigenvalue weighted by Gasteiger charge is 2.39. The number of carboxylic acid groups (broad SMARTS) is 1. The van der Waals surface area contributed by atoms with Crippen LogP contribution in [-0.2, 0) is 16.1 Å². The van der Waals surface area contributed by atoms with E-state index in [1.165, 1.54) is 12.1 Å². The Labute approximate surface area is 147 Å². The number of carbonyl (C=O) groups excluding carboxylic acids is 1. The fraction of sp³-hybridized carbons (Fsp3) is 0.579. The first-order valence-corrected chi connectivity index (χ1v) is 8.92. The zero-order valence-corrected chi connectivity index (χ0v) is 14.5. The number of nitrogens with zero attached hydrogens (tertiary/aromatic N) is 2. The average Bonchev–Trinajstić information content (AvgIpc) is 2.96. The molecule has 0 saturated carbocycles. The largest absolute Gasteiger partial charge is 0.481 e. The van der Waals surface area contributed by atoms with E-state index in [1.807, 2.05) is 13.0 Å². The van der Waals surface area contributed by atoms with Gasteiger partial charge in [-0.3, -0.25) is 14.5 Å². The lowest BCUT2D eigenvalue weighted by atomic mass is 9.96. The molecular formula is C19H25FN2O3. The minimum Gasteiger partial charge on any atom is -0.481 e. The smallest absolute Gasteiger partial charge is 0.308 e. The van der Waals surface area contributed by atoms with E-state index in [-0.39, 0.29) is 23.6 Å². The molecule has 2 aliphatic rings. The van der Waals surface area contributed by atoms with Crippen molar-refractivity contribution in [3.8, 4) is 0 Å². The molecule has 3 rings (SSSR count). The van der Waals surface area contributed by atoms with Gasteiger partial charge >= 0.3 is 5.97 Å². The third-order valence-corrected chi connectivity index (χ3v) is 5.39. The van der Waals surface area contributed by atoms with Crippen LogP contribution >= 0.6 is 0 Å². The van der Waals surface area contributed by atoms with Crippen molar-refractivity contribution in [3.05, 3.63) is 35.6 Å². The minimum absolute atomic E-state index is 0.00608. The summed E-state index contributed by atoms with van der Waals surface area (Å²) in [5.74, 6) is -1.56. The average molecular weight is 348 g/mol. The summed E-state index contributed by atoms with van der Waals surface area (Å²) < 4.78 is 13.3. The molecule has 1 unspecified atom stereocenters. The maximum atomic E-state index is 13.3. The Kier molecular flexibility index (Phi) is 5.37. The third-order valence-electron chi connectivity index (χ3n) is 5.39. The highest BCUT2D eigenvalue weighted by atomic mass is 19.1. The SMILES string of the molecule is C[C@@H]1CN(C(=O)C2CCCN(Cc3cccc(F)c3)C2)C[C@H]1C(=O)O. The second-order valence-electron chi connectivity index (χ2n) is 7.37. The fourth-order valence-corrected chi connectivity index (χ4v) is 4.02. The summed E-state index contributed by atoms with van der Waals surface area (Å²) in [5, 5.41) is 9.25. The van der Waals surface area contributed by atoms with Crippen LogP contribution in [0.25, 0.3) is 0 Å². The molecule has 0 spiro atoms. The van der Waals surface area contributed by atoms with Gasteiger partial charge in [-0.15, -0.1) is 0 Å². The quantitative estimate of drug-likeness (QED) is 0.906. The predicted molar refractivity (Wildman–Crippen MR) is 91.3 cm³/mol. The molecule has 1 aromatic rings. The highest BCUT2D eigenvalue weighted by Crippen LogP contribution is 2.27. The number of hydrogen-bond acceptors (Lipinski definition) is 3. The number of amides is 1. The molecule has 2 aliphatic heterocycles. The summed E-state index contributed by atoms with van der Waals surface area (Å²) in [6.45, 7) is 4.91. The Morgan fingerprint density at radius 1 is 1.28 bits per heavy atom. The third kappa shape index (κ3) is 4.18. The Morgan fingerprint density at radius 2 is 2.08 bits per heavy atom. The van der Waals surface area contributed by atoms with Crippen molar-refractivity contribution in [1.29, 1.82) is 0 Å². The lowest BCUT2D eigenvalue weighted by Crippen LogP contribution is -2.44. The van der Waals surface area contributed by atoms with Crippen molar-refractivity contribution in [2.75, 3.05) is 26.2 Å². The van der Waals surface area contributed by atoms with Crippen LogP contribution in [0.3, 0.4) is 0 Å². The molecule has 1 amide bonds. The van der Waals surface area contributed by atoms with Crippen LogP contribution in [0.15, 0.2) is 24.3 Å². The number of hydrogen-bond donors (Lipinski definition) is 1. The maximum absolute atomic E-state index is 13.3. The predicted octanol–water partition coefficient (Wildman–Crippen LogP) is 2.22. The van der Waals surface area contributed by atoms with Gasteiger partial charge in [-0.1, -0.05) is 19.1 Å². The van der Waals surface area contributed by atoms with Crippen LogP contribution in [0, 0.1) is 23.6 Å². The number of likely N-dealkylation sites (tertiary alicyclic amines) is 2. The van der Waals surface area contributed by atoms with E-state index >= 15 is 0 Å². The molecule has 0 radical (unpaired) electrons. The van der Waals surface area contributed by atoms with E-state index in [9.17, 15) is 19.1 Å². The highest BCUT2D eigenvalue weighted by molar-refractivity contribution is 5.81. The van der Waals surface area contributed by atoms with E-state index in [0.29, 0.717) is 26.2 Å². The van der Waals surface area contributed by atoms with Crippen molar-refractivity contribution in [3.63, 3.8) is 0 Å². The molecule has 1 N–H and O–H groups in total. The molecule has 2 saturated heterocycles. The number of aliphatic carboxylic acids is 1. The van der Waals surface area contributed by atoms with Gasteiger partial charge in [-0.05, 0) is 43.0 Å². The first kappa shape index (κ1) is 17.9. The Hall–Kier alpha value is -1.95. The number of piperidine rings is 1. The van der Waals surface area contributed by atoms with Crippen LogP contribution in [0.5, 0.6) is 0 Å². The molecule has 0 bridgehead atoms. The molecule has 136 valence electrons. The molecule has 5 nitrogen and oxygen atoms in total. The zero-order chi connectivity index (χ0) is 18.0. The van der Waals surface area contributed by atoms with Crippen molar-refractivity contribution >= 4 is 11.9 Å². The maximum Gasteiger partial charge on any atom is 0.308 e. The molecule has 6 heteroatoms. The number of carbonyl (C=O) groups is 2. The van der Waals surface area contributed by atoms with Crippen molar-refractivity contribution < 1.29 is 19.1 Å². The summed E-state index contributed by atoms with van der Waals surface area (Å²) in [6, 6.07) is 6.56. The molecule has 2 fully saturated rings. The topological polar surface area (TPSA) is 60.9 Å².